The molecule has 0 radical (unpaired) electrons. The lowest BCUT2D eigenvalue weighted by Crippen LogP contribution is -2.31. The second-order valence-electron chi connectivity index (χ2n) is 4.18. The van der Waals surface area contributed by atoms with E-state index in [1.54, 1.807) is 12.6 Å². The van der Waals surface area contributed by atoms with E-state index in [-0.39, 0.29) is 6.04 Å². The molecule has 2 aromatic heterocycles. The molecule has 2 rings (SSSR count). The molecule has 1 unspecified atom stereocenters. The van der Waals surface area contributed by atoms with E-state index in [0.717, 1.165) is 18.0 Å². The summed E-state index contributed by atoms with van der Waals surface area (Å²) < 4.78 is 7.34. The first-order valence-electron chi connectivity index (χ1n) is 5.61. The van der Waals surface area contributed by atoms with Crippen molar-refractivity contribution >= 4 is 0 Å². The molecule has 17 heavy (non-hydrogen) atoms. The van der Waals surface area contributed by atoms with Gasteiger partial charge in [0.05, 0.1) is 30.9 Å². The van der Waals surface area contributed by atoms with Gasteiger partial charge in [-0.15, -0.1) is 0 Å². The molecule has 0 aliphatic rings. The van der Waals surface area contributed by atoms with Crippen molar-refractivity contribution in [2.75, 3.05) is 13.6 Å². The van der Waals surface area contributed by atoms with Crippen LogP contribution in [0.5, 0.6) is 0 Å². The monoisotopic (exact) mass is 234 g/mol. The largest absolute Gasteiger partial charge is 0.468 e. The Hall–Kier alpha value is -1.59. The fraction of sp³-hybridized carbons (Fsp3) is 0.417. The van der Waals surface area contributed by atoms with Crippen LogP contribution >= 0.6 is 0 Å². The van der Waals surface area contributed by atoms with Crippen LogP contribution in [-0.4, -0.2) is 28.0 Å². The van der Waals surface area contributed by atoms with Gasteiger partial charge in [0.1, 0.15) is 5.76 Å². The van der Waals surface area contributed by atoms with E-state index in [2.05, 4.69) is 9.88 Å². The highest BCUT2D eigenvalue weighted by Gasteiger charge is 2.19. The van der Waals surface area contributed by atoms with Crippen molar-refractivity contribution in [2.45, 2.75) is 12.6 Å². The van der Waals surface area contributed by atoms with E-state index in [4.69, 9.17) is 10.2 Å². The minimum atomic E-state index is 0.146. The van der Waals surface area contributed by atoms with Gasteiger partial charge in [0, 0.05) is 19.8 Å². The van der Waals surface area contributed by atoms with Crippen molar-refractivity contribution in [2.24, 2.45) is 12.8 Å². The fourth-order valence-corrected chi connectivity index (χ4v) is 1.97. The number of imidazole rings is 1. The SMILES string of the molecule is CN(Cc1ccco1)C(CN)c1cncn1C. The minimum Gasteiger partial charge on any atom is -0.468 e. The molecule has 5 heteroatoms. The van der Waals surface area contributed by atoms with Gasteiger partial charge in [-0.05, 0) is 19.2 Å². The summed E-state index contributed by atoms with van der Waals surface area (Å²) in [6, 6.07) is 4.01. The highest BCUT2D eigenvalue weighted by atomic mass is 16.3. The Kier molecular flexibility index (Phi) is 3.61. The number of rotatable bonds is 5. The third-order valence-corrected chi connectivity index (χ3v) is 2.94. The Morgan fingerprint density at radius 3 is 2.94 bits per heavy atom. The van der Waals surface area contributed by atoms with Crippen LogP contribution in [-0.2, 0) is 13.6 Å². The maximum absolute atomic E-state index is 5.85. The summed E-state index contributed by atoms with van der Waals surface area (Å²) in [5.41, 5.74) is 6.96. The summed E-state index contributed by atoms with van der Waals surface area (Å²) in [7, 11) is 4.01. The fourth-order valence-electron chi connectivity index (χ4n) is 1.97. The number of hydrogen-bond acceptors (Lipinski definition) is 4. The zero-order valence-corrected chi connectivity index (χ0v) is 10.2. The van der Waals surface area contributed by atoms with Gasteiger partial charge in [0.2, 0.25) is 0 Å². The predicted octanol–water partition coefficient (Wildman–Crippen LogP) is 1.14. The van der Waals surface area contributed by atoms with Gasteiger partial charge in [-0.25, -0.2) is 4.98 Å². The molecule has 0 aliphatic carbocycles. The standard InChI is InChI=1S/C12H18N4O/c1-15(8-10-4-3-5-17-10)11(6-13)12-7-14-9-16(12)2/h3-5,7,9,11H,6,8,13H2,1-2H3. The lowest BCUT2D eigenvalue weighted by Gasteiger charge is -2.26. The summed E-state index contributed by atoms with van der Waals surface area (Å²) in [6.45, 7) is 1.29. The van der Waals surface area contributed by atoms with Crippen molar-refractivity contribution in [3.8, 4) is 0 Å². The third kappa shape index (κ3) is 2.57. The van der Waals surface area contributed by atoms with Crippen molar-refractivity contribution in [3.05, 3.63) is 42.4 Å². The highest BCUT2D eigenvalue weighted by molar-refractivity contribution is 5.07. The zero-order valence-electron chi connectivity index (χ0n) is 10.2. The highest BCUT2D eigenvalue weighted by Crippen LogP contribution is 2.19. The van der Waals surface area contributed by atoms with Crippen LogP contribution in [0.3, 0.4) is 0 Å². The van der Waals surface area contributed by atoms with E-state index in [9.17, 15) is 0 Å². The minimum absolute atomic E-state index is 0.146. The molecule has 5 nitrogen and oxygen atoms in total. The number of aryl methyl sites for hydroxylation is 1. The molecule has 0 fully saturated rings. The molecule has 0 spiro atoms. The molecule has 0 aromatic carbocycles. The zero-order chi connectivity index (χ0) is 12.3. The number of nitrogens with two attached hydrogens (primary N) is 1. The van der Waals surface area contributed by atoms with E-state index < -0.39 is 0 Å². The quantitative estimate of drug-likeness (QED) is 0.843. The van der Waals surface area contributed by atoms with E-state index in [1.165, 1.54) is 0 Å². The Bertz CT molecular complexity index is 449. The molecule has 0 saturated heterocycles. The van der Waals surface area contributed by atoms with Crippen LogP contribution < -0.4 is 5.73 Å². The normalized spacial score (nSPS) is 13.2. The van der Waals surface area contributed by atoms with Crippen molar-refractivity contribution < 1.29 is 4.42 Å². The van der Waals surface area contributed by atoms with Crippen molar-refractivity contribution in [3.63, 3.8) is 0 Å². The van der Waals surface area contributed by atoms with Crippen LogP contribution in [0, 0.1) is 0 Å². The third-order valence-electron chi connectivity index (χ3n) is 2.94. The van der Waals surface area contributed by atoms with Crippen LogP contribution in [0.25, 0.3) is 0 Å². The number of hydrogen-bond donors (Lipinski definition) is 1. The lowest BCUT2D eigenvalue weighted by molar-refractivity contribution is 0.216. The topological polar surface area (TPSA) is 60.2 Å². The Balaban J connectivity index is 2.11. The lowest BCUT2D eigenvalue weighted by atomic mass is 10.2. The number of likely N-dealkylation sites (N-methyl/N-ethyl adjacent to an activating group) is 1. The molecule has 2 heterocycles. The molecule has 2 N–H and O–H groups in total. The maximum Gasteiger partial charge on any atom is 0.117 e. The van der Waals surface area contributed by atoms with Crippen LogP contribution in [0.1, 0.15) is 17.5 Å². The van der Waals surface area contributed by atoms with Crippen molar-refractivity contribution in [1.29, 1.82) is 0 Å². The van der Waals surface area contributed by atoms with Gasteiger partial charge in [0.25, 0.3) is 0 Å². The van der Waals surface area contributed by atoms with Gasteiger partial charge in [-0.3, -0.25) is 4.90 Å². The van der Waals surface area contributed by atoms with Gasteiger partial charge in [-0.1, -0.05) is 0 Å². The first-order valence-corrected chi connectivity index (χ1v) is 5.61. The summed E-state index contributed by atoms with van der Waals surface area (Å²) in [6.07, 6.45) is 5.33. The van der Waals surface area contributed by atoms with Crippen LogP contribution in [0.4, 0.5) is 0 Å². The average Bonchev–Trinajstić information content (AvgIpc) is 2.92. The van der Waals surface area contributed by atoms with Crippen LogP contribution in [0.15, 0.2) is 35.3 Å². The summed E-state index contributed by atoms with van der Waals surface area (Å²) in [4.78, 5) is 6.29. The first-order chi connectivity index (χ1) is 8.22. The first kappa shape index (κ1) is 11.9. The molecule has 0 aliphatic heterocycles. The number of nitrogens with zero attached hydrogens (tertiary/aromatic N) is 3. The molecule has 0 bridgehead atoms. The molecule has 92 valence electrons. The Morgan fingerprint density at radius 1 is 1.59 bits per heavy atom. The Morgan fingerprint density at radius 2 is 2.41 bits per heavy atom. The molecule has 0 amide bonds. The second-order valence-corrected chi connectivity index (χ2v) is 4.18. The molecule has 1 atom stereocenters. The summed E-state index contributed by atoms with van der Waals surface area (Å²) in [5.74, 6) is 0.938. The van der Waals surface area contributed by atoms with Crippen molar-refractivity contribution in [1.82, 2.24) is 14.5 Å². The molecule has 0 saturated carbocycles. The van der Waals surface area contributed by atoms with Gasteiger partial charge < -0.3 is 14.7 Å². The predicted molar refractivity (Wildman–Crippen MR) is 65.2 cm³/mol. The second kappa shape index (κ2) is 5.16. The summed E-state index contributed by atoms with van der Waals surface area (Å²) >= 11 is 0. The van der Waals surface area contributed by atoms with Gasteiger partial charge in [0.15, 0.2) is 0 Å². The molecular formula is C12H18N4O. The van der Waals surface area contributed by atoms with E-state index >= 15 is 0 Å². The smallest absolute Gasteiger partial charge is 0.117 e. The summed E-state index contributed by atoms with van der Waals surface area (Å²) in [5, 5.41) is 0. The van der Waals surface area contributed by atoms with E-state index in [1.807, 2.05) is 37.0 Å². The average molecular weight is 234 g/mol. The van der Waals surface area contributed by atoms with Crippen LogP contribution in [0.2, 0.25) is 0 Å². The maximum atomic E-state index is 5.85. The van der Waals surface area contributed by atoms with Gasteiger partial charge in [-0.2, -0.15) is 0 Å². The van der Waals surface area contributed by atoms with Gasteiger partial charge >= 0.3 is 0 Å². The molecular weight excluding hydrogens is 216 g/mol. The van der Waals surface area contributed by atoms with E-state index in [0.29, 0.717) is 6.54 Å². The Labute approximate surface area is 101 Å². The number of aromatic nitrogens is 2. The molecule has 2 aromatic rings. The number of furan rings is 1.